The summed E-state index contributed by atoms with van der Waals surface area (Å²) in [6.07, 6.45) is 4.62. The van der Waals surface area contributed by atoms with E-state index in [1.165, 1.54) is 24.4 Å². The van der Waals surface area contributed by atoms with Gasteiger partial charge in [0, 0.05) is 23.5 Å². The van der Waals surface area contributed by atoms with Crippen molar-refractivity contribution >= 4 is 0 Å². The maximum absolute atomic E-state index is 15.8. The SMILES string of the molecule is COc1nccnc1-c1cc(CCc2ccc(C)cc2)c(OC)c(C(C)(C)C)c1F. The molecule has 0 saturated heterocycles. The van der Waals surface area contributed by atoms with Gasteiger partial charge >= 0.3 is 0 Å². The Bertz CT molecular complexity index is 1020. The quantitative estimate of drug-likeness (QED) is 0.525. The molecule has 1 heterocycles. The van der Waals surface area contributed by atoms with Gasteiger partial charge in [-0.05, 0) is 42.4 Å². The van der Waals surface area contributed by atoms with Crippen LogP contribution in [0.4, 0.5) is 4.39 Å². The van der Waals surface area contributed by atoms with Crippen LogP contribution in [0.3, 0.4) is 0 Å². The number of rotatable bonds is 6. The molecule has 0 unspecified atom stereocenters. The predicted molar refractivity (Wildman–Crippen MR) is 118 cm³/mol. The Balaban J connectivity index is 2.16. The Morgan fingerprint density at radius 2 is 1.60 bits per heavy atom. The fourth-order valence-electron chi connectivity index (χ4n) is 3.65. The van der Waals surface area contributed by atoms with Gasteiger partial charge in [0.15, 0.2) is 0 Å². The van der Waals surface area contributed by atoms with Crippen LogP contribution < -0.4 is 9.47 Å². The second kappa shape index (κ2) is 8.82. The summed E-state index contributed by atoms with van der Waals surface area (Å²) in [4.78, 5) is 8.56. The molecule has 0 amide bonds. The highest BCUT2D eigenvalue weighted by Gasteiger charge is 2.30. The van der Waals surface area contributed by atoms with Crippen molar-refractivity contribution in [2.75, 3.05) is 14.2 Å². The lowest BCUT2D eigenvalue weighted by Gasteiger charge is -2.26. The summed E-state index contributed by atoms with van der Waals surface area (Å²) < 4.78 is 26.9. The molecule has 0 aliphatic heterocycles. The van der Waals surface area contributed by atoms with Crippen molar-refractivity contribution in [1.82, 2.24) is 9.97 Å². The molecule has 0 bridgehead atoms. The van der Waals surface area contributed by atoms with Crippen LogP contribution in [0.25, 0.3) is 11.3 Å². The van der Waals surface area contributed by atoms with E-state index >= 15 is 4.39 Å². The van der Waals surface area contributed by atoms with E-state index in [4.69, 9.17) is 9.47 Å². The van der Waals surface area contributed by atoms with Gasteiger partial charge in [-0.2, -0.15) is 0 Å². The summed E-state index contributed by atoms with van der Waals surface area (Å²) in [5.41, 5.74) is 4.24. The van der Waals surface area contributed by atoms with Crippen LogP contribution >= 0.6 is 0 Å². The average Bonchev–Trinajstić information content (AvgIpc) is 2.72. The van der Waals surface area contributed by atoms with Crippen LogP contribution in [0.2, 0.25) is 0 Å². The van der Waals surface area contributed by atoms with E-state index in [-0.39, 0.29) is 5.82 Å². The average molecular weight is 409 g/mol. The molecule has 4 nitrogen and oxygen atoms in total. The van der Waals surface area contributed by atoms with Crippen molar-refractivity contribution in [3.05, 3.63) is 70.8 Å². The van der Waals surface area contributed by atoms with Gasteiger partial charge in [-0.3, -0.25) is 0 Å². The minimum Gasteiger partial charge on any atom is -0.496 e. The zero-order valence-electron chi connectivity index (χ0n) is 18.5. The highest BCUT2D eigenvalue weighted by Crippen LogP contribution is 2.42. The monoisotopic (exact) mass is 408 g/mol. The summed E-state index contributed by atoms with van der Waals surface area (Å²) in [6.45, 7) is 8.02. The van der Waals surface area contributed by atoms with Crippen LogP contribution in [0.1, 0.15) is 43.0 Å². The van der Waals surface area contributed by atoms with Crippen molar-refractivity contribution in [3.63, 3.8) is 0 Å². The number of hydrogen-bond donors (Lipinski definition) is 0. The number of ether oxygens (including phenoxy) is 2. The maximum atomic E-state index is 15.8. The fourth-order valence-corrected chi connectivity index (χ4v) is 3.65. The zero-order chi connectivity index (χ0) is 21.9. The number of benzene rings is 2. The molecule has 0 spiro atoms. The Morgan fingerprint density at radius 1 is 0.933 bits per heavy atom. The molecule has 158 valence electrons. The smallest absolute Gasteiger partial charge is 0.240 e. The van der Waals surface area contributed by atoms with Gasteiger partial charge in [0.2, 0.25) is 5.88 Å². The molecular weight excluding hydrogens is 379 g/mol. The molecule has 30 heavy (non-hydrogen) atoms. The van der Waals surface area contributed by atoms with E-state index in [2.05, 4.69) is 41.2 Å². The second-order valence-corrected chi connectivity index (χ2v) is 8.46. The Labute approximate surface area is 178 Å². The standard InChI is InChI=1S/C25H29FN2O2/c1-16-7-9-17(10-8-16)11-12-18-15-19(22-24(30-6)28-14-13-27-22)21(26)20(23(18)29-5)25(2,3)4/h7-10,13-15H,11-12H2,1-6H3. The molecule has 0 aliphatic rings. The van der Waals surface area contributed by atoms with Crippen molar-refractivity contribution in [1.29, 1.82) is 0 Å². The van der Waals surface area contributed by atoms with Gasteiger partial charge in [-0.1, -0.05) is 50.6 Å². The third-order valence-electron chi connectivity index (χ3n) is 5.16. The number of aromatic nitrogens is 2. The highest BCUT2D eigenvalue weighted by atomic mass is 19.1. The van der Waals surface area contributed by atoms with E-state index in [0.717, 1.165) is 12.0 Å². The van der Waals surface area contributed by atoms with E-state index < -0.39 is 5.41 Å². The summed E-state index contributed by atoms with van der Waals surface area (Å²) in [6, 6.07) is 10.3. The lowest BCUT2D eigenvalue weighted by atomic mass is 9.82. The van der Waals surface area contributed by atoms with Gasteiger partial charge in [-0.15, -0.1) is 0 Å². The first-order chi connectivity index (χ1) is 14.3. The van der Waals surface area contributed by atoms with Crippen molar-refractivity contribution < 1.29 is 13.9 Å². The Hall–Kier alpha value is -2.95. The highest BCUT2D eigenvalue weighted by molar-refractivity contribution is 5.70. The largest absolute Gasteiger partial charge is 0.496 e. The van der Waals surface area contributed by atoms with E-state index in [0.29, 0.717) is 34.9 Å². The molecule has 1 aromatic heterocycles. The van der Waals surface area contributed by atoms with Gasteiger partial charge in [0.05, 0.1) is 14.2 Å². The van der Waals surface area contributed by atoms with Crippen molar-refractivity contribution in [3.8, 4) is 22.9 Å². The molecule has 3 aromatic rings. The van der Waals surface area contributed by atoms with E-state index in [9.17, 15) is 0 Å². The molecule has 0 radical (unpaired) electrons. The number of aryl methyl sites for hydroxylation is 3. The first-order valence-corrected chi connectivity index (χ1v) is 10.1. The van der Waals surface area contributed by atoms with Crippen molar-refractivity contribution in [2.45, 2.75) is 46.0 Å². The molecule has 0 N–H and O–H groups in total. The molecule has 5 heteroatoms. The Kier molecular flexibility index (Phi) is 6.40. The molecular formula is C25H29FN2O2. The third kappa shape index (κ3) is 4.45. The first-order valence-electron chi connectivity index (χ1n) is 10.1. The first kappa shape index (κ1) is 21.8. The summed E-state index contributed by atoms with van der Waals surface area (Å²) >= 11 is 0. The minimum absolute atomic E-state index is 0.297. The zero-order valence-corrected chi connectivity index (χ0v) is 18.5. The molecule has 0 atom stereocenters. The summed E-state index contributed by atoms with van der Waals surface area (Å²) in [5, 5.41) is 0. The molecule has 0 saturated carbocycles. The topological polar surface area (TPSA) is 44.2 Å². The van der Waals surface area contributed by atoms with Gasteiger partial charge in [-0.25, -0.2) is 14.4 Å². The van der Waals surface area contributed by atoms with Crippen molar-refractivity contribution in [2.24, 2.45) is 0 Å². The minimum atomic E-state index is -0.459. The molecule has 0 aliphatic carbocycles. The van der Waals surface area contributed by atoms with Gasteiger partial charge in [0.1, 0.15) is 17.3 Å². The number of hydrogen-bond acceptors (Lipinski definition) is 4. The summed E-state index contributed by atoms with van der Waals surface area (Å²) in [7, 11) is 3.11. The molecule has 2 aromatic carbocycles. The molecule has 0 fully saturated rings. The van der Waals surface area contributed by atoms with Crippen LogP contribution in [0.15, 0.2) is 42.7 Å². The van der Waals surface area contributed by atoms with Crippen LogP contribution in [0.5, 0.6) is 11.6 Å². The normalized spacial score (nSPS) is 11.4. The number of methoxy groups -OCH3 is 2. The lowest BCUT2D eigenvalue weighted by Crippen LogP contribution is -2.18. The van der Waals surface area contributed by atoms with Crippen LogP contribution in [-0.4, -0.2) is 24.2 Å². The van der Waals surface area contributed by atoms with E-state index in [1.54, 1.807) is 13.3 Å². The van der Waals surface area contributed by atoms with Gasteiger partial charge < -0.3 is 9.47 Å². The fraction of sp³-hybridized carbons (Fsp3) is 0.360. The van der Waals surface area contributed by atoms with Crippen LogP contribution in [0, 0.1) is 12.7 Å². The number of halogens is 1. The predicted octanol–water partition coefficient (Wildman–Crippen LogP) is 5.69. The number of nitrogens with zero attached hydrogens (tertiary/aromatic N) is 2. The van der Waals surface area contributed by atoms with Gasteiger partial charge in [0.25, 0.3) is 0 Å². The van der Waals surface area contributed by atoms with Crippen LogP contribution in [-0.2, 0) is 18.3 Å². The summed E-state index contributed by atoms with van der Waals surface area (Å²) in [5.74, 6) is 0.543. The lowest BCUT2D eigenvalue weighted by molar-refractivity contribution is 0.382. The Morgan fingerprint density at radius 3 is 2.20 bits per heavy atom. The third-order valence-corrected chi connectivity index (χ3v) is 5.16. The molecule has 3 rings (SSSR count). The van der Waals surface area contributed by atoms with E-state index in [1.807, 2.05) is 26.8 Å². The second-order valence-electron chi connectivity index (χ2n) is 8.46. The maximum Gasteiger partial charge on any atom is 0.240 e.